The van der Waals surface area contributed by atoms with Crippen LogP contribution in [0.3, 0.4) is 0 Å². The third kappa shape index (κ3) is 5.10. The molecule has 1 heterocycles. The molecule has 0 amide bonds. The lowest BCUT2D eigenvalue weighted by Gasteiger charge is -2.71. The highest BCUT2D eigenvalue weighted by Gasteiger charge is 2.71. The number of aliphatic hydroxyl groups excluding tert-OH is 1. The Balaban J connectivity index is 1.52. The molecular weight excluding hydrogens is 578 g/mol. The molecule has 0 spiro atoms. The number of β-amino-alcohol motifs (C(OH)–C–C–N with tert-alkyl or cyclic N) is 1. The Kier molecular flexibility index (Phi) is 9.79. The number of fused-ring (bicyclic) bond motifs is 3. The van der Waals surface area contributed by atoms with Crippen LogP contribution in [0.1, 0.15) is 108 Å². The van der Waals surface area contributed by atoms with Crippen LogP contribution in [-0.4, -0.2) is 74.0 Å². The van der Waals surface area contributed by atoms with Crippen LogP contribution in [0.2, 0.25) is 0 Å². The third-order valence-corrected chi connectivity index (χ3v) is 15.9. The summed E-state index contributed by atoms with van der Waals surface area (Å²) in [5, 5.41) is 24.1. The van der Waals surface area contributed by atoms with Crippen LogP contribution in [0.4, 0.5) is 0 Å². The summed E-state index contributed by atoms with van der Waals surface area (Å²) in [7, 11) is 1.84. The van der Waals surface area contributed by atoms with Crippen molar-refractivity contribution in [3.8, 4) is 0 Å². The molecule has 7 heteroatoms. The van der Waals surface area contributed by atoms with Crippen molar-refractivity contribution in [2.45, 2.75) is 126 Å². The molecule has 5 aliphatic rings. The number of aliphatic carboxylic acids is 1. The van der Waals surface area contributed by atoms with E-state index < -0.39 is 5.97 Å². The minimum atomic E-state index is -0.611. The highest BCUT2D eigenvalue weighted by molar-refractivity contribution is 5.73. The molecule has 3 N–H and O–H groups in total. The van der Waals surface area contributed by atoms with Crippen molar-refractivity contribution in [2.24, 2.45) is 62.6 Å². The first kappa shape index (κ1) is 36.3. The number of carboxylic acids is 1. The maximum Gasteiger partial charge on any atom is 0.307 e. The first-order valence-electron chi connectivity index (χ1n) is 18.4. The first-order valence-corrected chi connectivity index (χ1v) is 18.4. The highest BCUT2D eigenvalue weighted by atomic mass is 16.5. The molecule has 4 aliphatic carbocycles. The Hall–Kier alpha value is -0.990. The molecule has 1 aliphatic heterocycles. The molecule has 12 atom stereocenters. The van der Waals surface area contributed by atoms with E-state index in [9.17, 15) is 15.0 Å². The van der Waals surface area contributed by atoms with Gasteiger partial charge in [0.2, 0.25) is 0 Å². The smallest absolute Gasteiger partial charge is 0.307 e. The summed E-state index contributed by atoms with van der Waals surface area (Å²) in [4.78, 5) is 13.4. The average Bonchev–Trinajstić information content (AvgIpc) is 2.98. The van der Waals surface area contributed by atoms with Gasteiger partial charge < -0.3 is 29.7 Å². The number of aliphatic hydroxyl groups is 1. The van der Waals surface area contributed by atoms with Gasteiger partial charge in [0.15, 0.2) is 0 Å². The predicted octanol–water partition coefficient (Wildman–Crippen LogP) is 6.97. The molecule has 0 aromatic heterocycles. The molecule has 0 aromatic carbocycles. The van der Waals surface area contributed by atoms with Crippen molar-refractivity contribution in [1.82, 2.24) is 5.32 Å². The molecule has 264 valence electrons. The van der Waals surface area contributed by atoms with Gasteiger partial charge in [-0.05, 0) is 91.3 Å². The fraction of sp³-hybridized carbons (Fsp3) is 0.923. The molecule has 1 saturated heterocycles. The van der Waals surface area contributed by atoms with E-state index in [0.29, 0.717) is 56.0 Å². The summed E-state index contributed by atoms with van der Waals surface area (Å²) >= 11 is 0. The van der Waals surface area contributed by atoms with Crippen molar-refractivity contribution in [3.05, 3.63) is 11.6 Å². The van der Waals surface area contributed by atoms with Crippen LogP contribution in [0.15, 0.2) is 11.6 Å². The van der Waals surface area contributed by atoms with Gasteiger partial charge in [0.05, 0.1) is 44.6 Å². The van der Waals surface area contributed by atoms with Crippen molar-refractivity contribution in [3.63, 3.8) is 0 Å². The summed E-state index contributed by atoms with van der Waals surface area (Å²) < 4.78 is 20.0. The molecule has 5 rings (SSSR count). The number of hydrogen-bond donors (Lipinski definition) is 3. The van der Waals surface area contributed by atoms with E-state index in [1.165, 1.54) is 5.57 Å². The topological polar surface area (TPSA) is 97.3 Å². The fourth-order valence-electron chi connectivity index (χ4n) is 12.1. The maximum atomic E-state index is 13.4. The monoisotopic (exact) mass is 645 g/mol. The van der Waals surface area contributed by atoms with Gasteiger partial charge in [0, 0.05) is 30.0 Å². The van der Waals surface area contributed by atoms with Crippen molar-refractivity contribution < 1.29 is 29.2 Å². The Bertz CT molecular complexity index is 1170. The minimum absolute atomic E-state index is 0.0616. The second-order valence-electron chi connectivity index (χ2n) is 18.3. The summed E-state index contributed by atoms with van der Waals surface area (Å²) in [5.41, 5.74) is 0.272. The van der Waals surface area contributed by atoms with Crippen LogP contribution in [0, 0.1) is 62.6 Å². The maximum absolute atomic E-state index is 13.4. The number of rotatable bonds is 11. The quantitative estimate of drug-likeness (QED) is 0.209. The summed E-state index contributed by atoms with van der Waals surface area (Å²) in [6.07, 6.45) is 8.24. The molecule has 7 nitrogen and oxygen atoms in total. The van der Waals surface area contributed by atoms with Gasteiger partial charge >= 0.3 is 5.97 Å². The zero-order chi connectivity index (χ0) is 34.1. The number of ether oxygens (including phenoxy) is 3. The van der Waals surface area contributed by atoms with Gasteiger partial charge in [-0.1, -0.05) is 74.0 Å². The SMILES string of the molecule is CO[C@@H]1C[C@@]23COC[C@](C)([C@@H]2CC[C@H]2C3=CC[C@@]3(C)[C@H](C(=O)O)[C@@](C)([C@H](C)C(C)C)CC[C@]23C)[C@H]1OC[C@](C)(NCCO)C(C)C. The summed E-state index contributed by atoms with van der Waals surface area (Å²) in [6, 6.07) is 0. The number of methoxy groups -OCH3 is 1. The van der Waals surface area contributed by atoms with Crippen LogP contribution in [0.25, 0.3) is 0 Å². The third-order valence-electron chi connectivity index (χ3n) is 15.9. The van der Waals surface area contributed by atoms with Gasteiger partial charge in [-0.3, -0.25) is 4.79 Å². The molecule has 0 radical (unpaired) electrons. The van der Waals surface area contributed by atoms with E-state index in [1.54, 1.807) is 0 Å². The van der Waals surface area contributed by atoms with Gasteiger partial charge in [0.1, 0.15) is 0 Å². The number of allylic oxidation sites excluding steroid dienone is 1. The van der Waals surface area contributed by atoms with Crippen LogP contribution >= 0.6 is 0 Å². The lowest BCUT2D eigenvalue weighted by atomic mass is 9.34. The lowest BCUT2D eigenvalue weighted by molar-refractivity contribution is -0.270. The van der Waals surface area contributed by atoms with E-state index >= 15 is 0 Å². The molecule has 4 fully saturated rings. The molecule has 46 heavy (non-hydrogen) atoms. The molecule has 0 unspecified atom stereocenters. The number of nitrogens with one attached hydrogen (secondary N) is 1. The van der Waals surface area contributed by atoms with E-state index in [4.69, 9.17) is 14.2 Å². The van der Waals surface area contributed by atoms with Crippen molar-refractivity contribution in [1.29, 1.82) is 0 Å². The van der Waals surface area contributed by atoms with Crippen molar-refractivity contribution >= 4 is 5.97 Å². The van der Waals surface area contributed by atoms with E-state index in [2.05, 4.69) is 80.6 Å². The average molecular weight is 646 g/mol. The molecule has 2 bridgehead atoms. The predicted molar refractivity (Wildman–Crippen MR) is 182 cm³/mol. The molecule has 0 aromatic rings. The standard InChI is InChI=1S/C39H67NO6/c1-24(2)26(5)34(6)16-17-36(8)27-12-13-30-35(7)21-45-23-39(30,28(27)14-15-37(36,9)31(34)33(42)43)20-29(44-11)32(35)46-22-38(10,25(3)4)40-18-19-41/h14,24-27,29-32,40-41H,12-13,15-23H2,1-11H3,(H,42,43)/t26-,27+,29-,30+,31-,32+,34-,35-,36-,37+,38+,39+/m1/s1. The summed E-state index contributed by atoms with van der Waals surface area (Å²) in [5.74, 6) is 0.857. The zero-order valence-electron chi connectivity index (χ0n) is 31.0. The van der Waals surface area contributed by atoms with Gasteiger partial charge in [-0.15, -0.1) is 0 Å². The lowest BCUT2D eigenvalue weighted by Crippen LogP contribution is -2.70. The van der Waals surface area contributed by atoms with Crippen LogP contribution in [0.5, 0.6) is 0 Å². The van der Waals surface area contributed by atoms with Gasteiger partial charge in [-0.25, -0.2) is 0 Å². The van der Waals surface area contributed by atoms with E-state index in [0.717, 1.165) is 38.5 Å². The largest absolute Gasteiger partial charge is 0.481 e. The van der Waals surface area contributed by atoms with E-state index in [1.807, 2.05) is 7.11 Å². The zero-order valence-corrected chi connectivity index (χ0v) is 31.0. The second-order valence-corrected chi connectivity index (χ2v) is 18.3. The minimum Gasteiger partial charge on any atom is -0.481 e. The highest BCUT2D eigenvalue weighted by Crippen LogP contribution is 2.75. The fourth-order valence-corrected chi connectivity index (χ4v) is 12.1. The van der Waals surface area contributed by atoms with Crippen molar-refractivity contribution in [2.75, 3.05) is 40.1 Å². The Morgan fingerprint density at radius 1 is 1.09 bits per heavy atom. The van der Waals surface area contributed by atoms with Gasteiger partial charge in [-0.2, -0.15) is 0 Å². The van der Waals surface area contributed by atoms with E-state index in [-0.39, 0.29) is 57.3 Å². The van der Waals surface area contributed by atoms with Crippen LogP contribution < -0.4 is 5.32 Å². The number of carbonyl (C=O) groups is 1. The Morgan fingerprint density at radius 3 is 2.37 bits per heavy atom. The Labute approximate surface area is 280 Å². The molecular formula is C39H67NO6. The summed E-state index contributed by atoms with van der Waals surface area (Å²) in [6.45, 7) is 25.4. The number of carboxylic acid groups (broad SMARTS) is 1. The first-order chi connectivity index (χ1) is 21.4. The van der Waals surface area contributed by atoms with Crippen LogP contribution in [-0.2, 0) is 19.0 Å². The Morgan fingerprint density at radius 2 is 1.78 bits per heavy atom. The normalized spacial score (nSPS) is 45.7. The molecule has 3 saturated carbocycles. The second kappa shape index (κ2) is 12.4. The van der Waals surface area contributed by atoms with Gasteiger partial charge in [0.25, 0.3) is 0 Å². The number of hydrogen-bond acceptors (Lipinski definition) is 6.